The number of hydrogen-bond acceptors (Lipinski definition) is 4. The van der Waals surface area contributed by atoms with Gasteiger partial charge in [-0.15, -0.1) is 0 Å². The Bertz CT molecular complexity index is 607. The van der Waals surface area contributed by atoms with E-state index in [1.165, 1.54) is 24.4 Å². The van der Waals surface area contributed by atoms with Crippen LogP contribution in [0.3, 0.4) is 0 Å². The third-order valence-corrected chi connectivity index (χ3v) is 2.31. The van der Waals surface area contributed by atoms with Gasteiger partial charge in [0.05, 0.1) is 5.69 Å². The Morgan fingerprint density at radius 1 is 1.33 bits per heavy atom. The number of nitriles is 1. The van der Waals surface area contributed by atoms with E-state index in [0.717, 1.165) is 5.56 Å². The molecule has 0 spiro atoms. The number of halogens is 1. The highest BCUT2D eigenvalue weighted by atomic mass is 19.1. The molecule has 1 aromatic heterocycles. The molecule has 0 atom stereocenters. The van der Waals surface area contributed by atoms with Crippen LogP contribution in [-0.2, 0) is 6.61 Å². The van der Waals surface area contributed by atoms with Gasteiger partial charge in [0, 0.05) is 12.3 Å². The van der Waals surface area contributed by atoms with E-state index in [9.17, 15) is 4.39 Å². The van der Waals surface area contributed by atoms with E-state index in [0.29, 0.717) is 11.4 Å². The van der Waals surface area contributed by atoms with E-state index < -0.39 is 5.82 Å². The van der Waals surface area contributed by atoms with Crippen molar-refractivity contribution in [2.75, 3.05) is 5.73 Å². The van der Waals surface area contributed by atoms with Crippen LogP contribution in [0.4, 0.5) is 10.1 Å². The highest BCUT2D eigenvalue weighted by Crippen LogP contribution is 2.22. The van der Waals surface area contributed by atoms with Crippen molar-refractivity contribution in [3.63, 3.8) is 0 Å². The van der Waals surface area contributed by atoms with Gasteiger partial charge >= 0.3 is 0 Å². The van der Waals surface area contributed by atoms with Gasteiger partial charge in [0.15, 0.2) is 0 Å². The van der Waals surface area contributed by atoms with Gasteiger partial charge in [-0.1, -0.05) is 0 Å². The lowest BCUT2D eigenvalue weighted by Crippen LogP contribution is -2.00. The largest absolute Gasteiger partial charge is 0.487 e. The number of nitrogens with zero attached hydrogens (tertiary/aromatic N) is 2. The molecule has 0 saturated carbocycles. The number of nitrogen functional groups attached to an aromatic ring is 1. The molecule has 2 N–H and O–H groups in total. The average molecular weight is 243 g/mol. The summed E-state index contributed by atoms with van der Waals surface area (Å²) in [5.41, 5.74) is 6.97. The zero-order valence-corrected chi connectivity index (χ0v) is 9.43. The van der Waals surface area contributed by atoms with Crippen LogP contribution in [0, 0.1) is 17.1 Å². The molecule has 0 fully saturated rings. The fourth-order valence-electron chi connectivity index (χ4n) is 1.44. The molecule has 0 bridgehead atoms. The molecule has 1 heterocycles. The van der Waals surface area contributed by atoms with E-state index in [2.05, 4.69) is 4.98 Å². The Kier molecular flexibility index (Phi) is 3.39. The minimum absolute atomic E-state index is 0.240. The zero-order chi connectivity index (χ0) is 13.0. The second kappa shape index (κ2) is 5.15. The number of anilines is 1. The third kappa shape index (κ3) is 2.74. The summed E-state index contributed by atoms with van der Waals surface area (Å²) >= 11 is 0. The van der Waals surface area contributed by atoms with Crippen molar-refractivity contribution in [2.24, 2.45) is 0 Å². The van der Waals surface area contributed by atoms with Crippen LogP contribution in [0.5, 0.6) is 5.75 Å². The quantitative estimate of drug-likeness (QED) is 0.839. The Morgan fingerprint density at radius 2 is 2.17 bits per heavy atom. The number of pyridine rings is 1. The Balaban J connectivity index is 2.09. The predicted octanol–water partition coefficient (Wildman–Crippen LogP) is 2.25. The molecule has 2 rings (SSSR count). The molecule has 0 aliphatic rings. The Morgan fingerprint density at radius 3 is 2.89 bits per heavy atom. The van der Waals surface area contributed by atoms with Crippen LogP contribution < -0.4 is 10.5 Å². The summed E-state index contributed by atoms with van der Waals surface area (Å²) in [6.45, 7) is 0.243. The molecule has 0 saturated heterocycles. The number of benzene rings is 1. The molecule has 0 radical (unpaired) electrons. The summed E-state index contributed by atoms with van der Waals surface area (Å²) in [7, 11) is 0. The third-order valence-electron chi connectivity index (χ3n) is 2.31. The van der Waals surface area contributed by atoms with Gasteiger partial charge in [0.1, 0.15) is 29.9 Å². The predicted molar refractivity (Wildman–Crippen MR) is 64.1 cm³/mol. The summed E-state index contributed by atoms with van der Waals surface area (Å²) in [5, 5.41) is 8.71. The molecule has 5 heteroatoms. The maximum Gasteiger partial charge on any atom is 0.142 e. The maximum absolute atomic E-state index is 12.8. The topological polar surface area (TPSA) is 71.9 Å². The standard InChI is InChI=1S/C13H10FN3O/c14-10-1-2-13(12(16)6-10)18-8-9-3-4-17-11(5-9)7-15/h1-6H,8,16H2. The summed E-state index contributed by atoms with van der Waals surface area (Å²) in [6.07, 6.45) is 1.53. The van der Waals surface area contributed by atoms with Gasteiger partial charge in [-0.2, -0.15) is 5.26 Å². The molecule has 18 heavy (non-hydrogen) atoms. The summed E-state index contributed by atoms with van der Waals surface area (Å²) in [6, 6.07) is 9.25. The summed E-state index contributed by atoms with van der Waals surface area (Å²) < 4.78 is 18.3. The molecule has 0 aliphatic carbocycles. The van der Waals surface area contributed by atoms with Crippen LogP contribution in [0.1, 0.15) is 11.3 Å². The van der Waals surface area contributed by atoms with Gasteiger partial charge in [0.25, 0.3) is 0 Å². The Labute approximate surface area is 103 Å². The molecule has 0 aliphatic heterocycles. The summed E-state index contributed by atoms with van der Waals surface area (Å²) in [5.74, 6) is 0.00208. The summed E-state index contributed by atoms with van der Waals surface area (Å²) in [4.78, 5) is 3.85. The van der Waals surface area contributed by atoms with Gasteiger partial charge in [-0.3, -0.25) is 0 Å². The van der Waals surface area contributed by atoms with Gasteiger partial charge < -0.3 is 10.5 Å². The lowest BCUT2D eigenvalue weighted by Gasteiger charge is -2.08. The Hall–Kier alpha value is -2.61. The SMILES string of the molecule is N#Cc1cc(COc2ccc(F)cc2N)ccn1. The van der Waals surface area contributed by atoms with Crippen LogP contribution in [0.15, 0.2) is 36.5 Å². The van der Waals surface area contributed by atoms with Crippen molar-refractivity contribution in [1.29, 1.82) is 5.26 Å². The highest BCUT2D eigenvalue weighted by molar-refractivity contribution is 5.52. The van der Waals surface area contributed by atoms with E-state index in [-0.39, 0.29) is 12.3 Å². The minimum Gasteiger partial charge on any atom is -0.487 e. The first kappa shape index (κ1) is 11.9. The van der Waals surface area contributed by atoms with Crippen molar-refractivity contribution in [2.45, 2.75) is 6.61 Å². The molecular formula is C13H10FN3O. The van der Waals surface area contributed by atoms with Crippen molar-refractivity contribution in [3.05, 3.63) is 53.6 Å². The monoisotopic (exact) mass is 243 g/mol. The van der Waals surface area contributed by atoms with Crippen molar-refractivity contribution < 1.29 is 9.13 Å². The number of ether oxygens (including phenoxy) is 1. The average Bonchev–Trinajstić information content (AvgIpc) is 2.38. The zero-order valence-electron chi connectivity index (χ0n) is 9.43. The van der Waals surface area contributed by atoms with Crippen molar-refractivity contribution in [1.82, 2.24) is 4.98 Å². The first-order valence-corrected chi connectivity index (χ1v) is 5.22. The van der Waals surface area contributed by atoms with Gasteiger partial charge in [-0.05, 0) is 29.8 Å². The molecular weight excluding hydrogens is 233 g/mol. The lowest BCUT2D eigenvalue weighted by atomic mass is 10.2. The number of nitrogens with two attached hydrogens (primary N) is 1. The van der Waals surface area contributed by atoms with E-state index in [1.807, 2.05) is 6.07 Å². The second-order valence-corrected chi connectivity index (χ2v) is 3.63. The molecule has 2 aromatic rings. The second-order valence-electron chi connectivity index (χ2n) is 3.63. The van der Waals surface area contributed by atoms with Crippen molar-refractivity contribution in [3.8, 4) is 11.8 Å². The number of hydrogen-bond donors (Lipinski definition) is 1. The van der Waals surface area contributed by atoms with E-state index in [4.69, 9.17) is 15.7 Å². The van der Waals surface area contributed by atoms with Crippen LogP contribution in [0.25, 0.3) is 0 Å². The van der Waals surface area contributed by atoms with Crippen LogP contribution >= 0.6 is 0 Å². The smallest absolute Gasteiger partial charge is 0.142 e. The lowest BCUT2D eigenvalue weighted by molar-refractivity contribution is 0.307. The highest BCUT2D eigenvalue weighted by Gasteiger charge is 2.03. The first-order chi connectivity index (χ1) is 8.69. The fraction of sp³-hybridized carbons (Fsp3) is 0.0769. The number of aromatic nitrogens is 1. The molecule has 4 nitrogen and oxygen atoms in total. The molecule has 90 valence electrons. The minimum atomic E-state index is -0.407. The van der Waals surface area contributed by atoms with Crippen LogP contribution in [-0.4, -0.2) is 4.98 Å². The molecule has 1 aromatic carbocycles. The maximum atomic E-state index is 12.8. The van der Waals surface area contributed by atoms with E-state index >= 15 is 0 Å². The molecule has 0 amide bonds. The fourth-order valence-corrected chi connectivity index (χ4v) is 1.44. The van der Waals surface area contributed by atoms with E-state index in [1.54, 1.807) is 12.1 Å². The number of rotatable bonds is 3. The molecule has 0 unspecified atom stereocenters. The normalized spacial score (nSPS) is 9.78. The van der Waals surface area contributed by atoms with Crippen molar-refractivity contribution >= 4 is 5.69 Å². The van der Waals surface area contributed by atoms with Gasteiger partial charge in [0.2, 0.25) is 0 Å². The van der Waals surface area contributed by atoms with Gasteiger partial charge in [-0.25, -0.2) is 9.37 Å². The first-order valence-electron chi connectivity index (χ1n) is 5.22. The van der Waals surface area contributed by atoms with Crippen LogP contribution in [0.2, 0.25) is 0 Å².